The van der Waals surface area contributed by atoms with Crippen LogP contribution in [0.4, 0.5) is 9.88 Å². The third kappa shape index (κ3) is 8.62. The summed E-state index contributed by atoms with van der Waals surface area (Å²) < 4.78 is 46.1. The molecular formula is C44H56FN3O7P3+. The van der Waals surface area contributed by atoms with Crippen LogP contribution in [0.3, 0.4) is 0 Å². The van der Waals surface area contributed by atoms with Gasteiger partial charge in [0, 0.05) is 85.7 Å². The van der Waals surface area contributed by atoms with Crippen molar-refractivity contribution < 1.29 is 37.0 Å². The van der Waals surface area contributed by atoms with Gasteiger partial charge in [-0.1, -0.05) is 25.5 Å². The number of hydrogen-bond donors (Lipinski definition) is 1. The van der Waals surface area contributed by atoms with E-state index in [4.69, 9.17) is 9.26 Å². The van der Waals surface area contributed by atoms with Gasteiger partial charge in [-0.15, -0.1) is 0 Å². The number of benzene rings is 3. The second kappa shape index (κ2) is 16.7. The molecule has 1 amide bonds. The number of halogens is 1. The summed E-state index contributed by atoms with van der Waals surface area (Å²) in [4.78, 5) is 41.4. The lowest BCUT2D eigenvalue weighted by Crippen LogP contribution is -2.47. The number of carbonyl (C=O) groups is 2. The Morgan fingerprint density at radius 3 is 2.38 bits per heavy atom. The van der Waals surface area contributed by atoms with Crippen LogP contribution in [0.1, 0.15) is 113 Å². The highest BCUT2D eigenvalue weighted by Crippen LogP contribution is 2.48. The Kier molecular flexibility index (Phi) is 12.7. The quantitative estimate of drug-likeness (QED) is 0.0812. The molecule has 3 heterocycles. The summed E-state index contributed by atoms with van der Waals surface area (Å²) in [6.07, 6.45) is 6.61. The predicted octanol–water partition coefficient (Wildman–Crippen LogP) is 8.47. The van der Waals surface area contributed by atoms with E-state index in [1.807, 2.05) is 15.9 Å². The van der Waals surface area contributed by atoms with Crippen molar-refractivity contribution in [2.24, 2.45) is 0 Å². The summed E-state index contributed by atoms with van der Waals surface area (Å²) in [7, 11) is 0.992. The molecule has 3 aliphatic rings. The summed E-state index contributed by atoms with van der Waals surface area (Å²) in [5.41, 5.74) is 7.40. The van der Waals surface area contributed by atoms with Crippen molar-refractivity contribution >= 4 is 64.3 Å². The molecule has 3 aromatic rings. The molecule has 0 aromatic heterocycles. The Bertz CT molecular complexity index is 2420. The molecule has 0 spiro atoms. The maximum absolute atomic E-state index is 14.5. The van der Waals surface area contributed by atoms with Crippen LogP contribution >= 0.6 is 24.7 Å². The summed E-state index contributed by atoms with van der Waals surface area (Å²) >= 11 is 0. The highest BCUT2D eigenvalue weighted by Gasteiger charge is 2.36. The number of amides is 1. The first-order chi connectivity index (χ1) is 27.2. The van der Waals surface area contributed by atoms with E-state index >= 15 is 0 Å². The average molecular weight is 851 g/mol. The van der Waals surface area contributed by atoms with E-state index in [9.17, 15) is 23.2 Å². The fraction of sp³-hybridized carbons (Fsp3) is 0.432. The molecule has 0 aliphatic carbocycles. The van der Waals surface area contributed by atoms with Crippen LogP contribution in [0.25, 0.3) is 16.7 Å². The number of rotatable bonds is 13. The molecule has 0 radical (unpaired) electrons. The van der Waals surface area contributed by atoms with Gasteiger partial charge < -0.3 is 28.5 Å². The SMILES string of the molecule is CCCN(C)C(=O)c1cc(P(=O)(O)OCCCCCC(=O)OP(F)P)ccc1C1=c2cc3c(cc2Oc2cc4c(cc21)C(C)=CC(C)(C)N4C)=[N+](C)C(C)(C)C=C3C. The van der Waals surface area contributed by atoms with E-state index < -0.39 is 21.7 Å². The highest BCUT2D eigenvalue weighted by atomic mass is 32.0. The number of hydrogen-bond acceptors (Lipinski definition) is 7. The third-order valence-corrected chi connectivity index (χ3v) is 13.8. The molecule has 14 heteroatoms. The summed E-state index contributed by atoms with van der Waals surface area (Å²) in [6.45, 7) is 15.4. The minimum atomic E-state index is -4.39. The Hall–Kier alpha value is -3.71. The zero-order chi connectivity index (χ0) is 42.5. The topological polar surface area (TPSA) is 109 Å². The maximum atomic E-state index is 14.5. The number of ether oxygens (including phenoxy) is 1. The van der Waals surface area contributed by atoms with Gasteiger partial charge >= 0.3 is 13.6 Å². The van der Waals surface area contributed by atoms with E-state index in [1.165, 1.54) is 6.07 Å². The largest absolute Gasteiger partial charge is 0.456 e. The molecule has 58 heavy (non-hydrogen) atoms. The number of anilines is 1. The minimum Gasteiger partial charge on any atom is -0.456 e. The summed E-state index contributed by atoms with van der Waals surface area (Å²) in [5, 5.41) is 1.84. The van der Waals surface area contributed by atoms with Gasteiger partial charge in [0.25, 0.3) is 14.1 Å². The molecule has 3 aliphatic heterocycles. The van der Waals surface area contributed by atoms with E-state index in [1.54, 1.807) is 24.1 Å². The van der Waals surface area contributed by atoms with Gasteiger partial charge in [-0.25, -0.2) is 4.58 Å². The molecule has 0 fully saturated rings. The van der Waals surface area contributed by atoms with Crippen LogP contribution in [-0.2, 0) is 18.4 Å². The smallest absolute Gasteiger partial charge is 0.358 e. The molecule has 3 unspecified atom stereocenters. The second-order valence-electron chi connectivity index (χ2n) is 16.6. The van der Waals surface area contributed by atoms with Crippen LogP contribution in [-0.4, -0.2) is 67.0 Å². The van der Waals surface area contributed by atoms with Crippen molar-refractivity contribution in [3.05, 3.63) is 93.0 Å². The first-order valence-electron chi connectivity index (χ1n) is 19.7. The lowest BCUT2D eigenvalue weighted by Gasteiger charge is -2.41. The fourth-order valence-corrected chi connectivity index (χ4v) is 9.89. The lowest BCUT2D eigenvalue weighted by atomic mass is 9.83. The monoisotopic (exact) mass is 850 g/mol. The van der Waals surface area contributed by atoms with Crippen LogP contribution < -0.4 is 30.1 Å². The number of nitrogens with zero attached hydrogens (tertiary/aromatic N) is 3. The zero-order valence-corrected chi connectivity index (χ0v) is 38.2. The minimum absolute atomic E-state index is 0.000852. The Labute approximate surface area is 345 Å². The molecule has 10 nitrogen and oxygen atoms in total. The summed E-state index contributed by atoms with van der Waals surface area (Å²) in [6, 6.07) is 13.3. The van der Waals surface area contributed by atoms with E-state index in [2.05, 4.69) is 106 Å². The van der Waals surface area contributed by atoms with Gasteiger partial charge in [0.05, 0.1) is 23.5 Å². The zero-order valence-electron chi connectivity index (χ0n) is 35.2. The van der Waals surface area contributed by atoms with Crippen LogP contribution in [0.5, 0.6) is 11.5 Å². The molecule has 3 aromatic carbocycles. The average Bonchev–Trinajstić information content (AvgIpc) is 3.14. The van der Waals surface area contributed by atoms with Crippen molar-refractivity contribution in [2.45, 2.75) is 91.6 Å². The molecule has 0 saturated carbocycles. The van der Waals surface area contributed by atoms with Gasteiger partial charge in [0.1, 0.15) is 18.5 Å². The van der Waals surface area contributed by atoms with E-state index in [-0.39, 0.29) is 40.9 Å². The lowest BCUT2D eigenvalue weighted by molar-refractivity contribution is -0.133. The molecular weight excluding hydrogens is 794 g/mol. The molecule has 1 N–H and O–H groups in total. The standard InChI is InChI=1S/C44H55FN3O7P3/c1-11-18-46(8)42(50)33-20-29(58(51,52)53-19-14-12-13-15-40(49)55-57(45)56)16-17-30(33)41-34-21-31-27(2)25-43(4,5)47(9)36(31)23-38(34)54-39-24-37-32(22-35(39)41)28(3)26-44(6,7)48(37)10/h16-17,20-26H,11-15,18-19,56H2,1-10H3/p+1. The molecule has 6 rings (SSSR count). The van der Waals surface area contributed by atoms with Crippen LogP contribution in [0, 0.1) is 0 Å². The van der Waals surface area contributed by atoms with Crippen molar-refractivity contribution in [3.8, 4) is 11.5 Å². The highest BCUT2D eigenvalue weighted by molar-refractivity contribution is 8.08. The Morgan fingerprint density at radius 1 is 0.983 bits per heavy atom. The molecule has 310 valence electrons. The summed E-state index contributed by atoms with van der Waals surface area (Å²) in [5.74, 6) is 0.384. The second-order valence-corrected chi connectivity index (χ2v) is 20.4. The van der Waals surface area contributed by atoms with Crippen LogP contribution in [0.2, 0.25) is 0 Å². The number of carbonyl (C=O) groups excluding carboxylic acids is 2. The molecule has 0 bridgehead atoms. The Balaban J connectivity index is 1.52. The van der Waals surface area contributed by atoms with E-state index in [0.29, 0.717) is 42.9 Å². The normalized spacial score (nSPS) is 17.7. The first kappa shape index (κ1) is 43.9. The number of fused-ring (bicyclic) bond motifs is 4. The van der Waals surface area contributed by atoms with Crippen LogP contribution in [0.15, 0.2) is 54.6 Å². The van der Waals surface area contributed by atoms with Crippen molar-refractivity contribution in [2.75, 3.05) is 39.2 Å². The van der Waals surface area contributed by atoms with Gasteiger partial charge in [0.15, 0.2) is 5.54 Å². The van der Waals surface area contributed by atoms with Gasteiger partial charge in [-0.05, 0) is 103 Å². The van der Waals surface area contributed by atoms with Gasteiger partial charge in [-0.3, -0.25) is 14.2 Å². The number of likely N-dealkylation sites (N-methyl/N-ethyl adjacent to an activating group) is 2. The number of unbranched alkanes of at least 4 members (excludes halogenated alkanes) is 2. The number of allylic oxidation sites excluding steroid dienone is 2. The molecule has 3 atom stereocenters. The fourth-order valence-electron chi connectivity index (χ4n) is 8.17. The van der Waals surface area contributed by atoms with Gasteiger partial charge in [-0.2, -0.15) is 4.20 Å². The first-order valence-corrected chi connectivity index (χ1v) is 24.1. The van der Waals surface area contributed by atoms with Gasteiger partial charge in [0.2, 0.25) is 5.36 Å². The van der Waals surface area contributed by atoms with Crippen molar-refractivity contribution in [3.63, 3.8) is 0 Å². The molecule has 0 saturated heterocycles. The predicted molar refractivity (Wildman–Crippen MR) is 236 cm³/mol. The van der Waals surface area contributed by atoms with Crippen molar-refractivity contribution in [1.29, 1.82) is 0 Å². The Morgan fingerprint density at radius 2 is 1.69 bits per heavy atom. The van der Waals surface area contributed by atoms with E-state index in [0.717, 1.165) is 56.1 Å². The maximum Gasteiger partial charge on any atom is 0.358 e. The van der Waals surface area contributed by atoms with Crippen molar-refractivity contribution in [1.82, 2.24) is 9.48 Å². The third-order valence-electron chi connectivity index (χ3n) is 11.6.